The molecule has 1 saturated heterocycles. The number of hydrogen-bond donors (Lipinski definition) is 1. The minimum atomic E-state index is -3.25. The average Bonchev–Trinajstić information content (AvgIpc) is 2.97. The van der Waals surface area contributed by atoms with Crippen LogP contribution in [0.25, 0.3) is 0 Å². The zero-order valence-corrected chi connectivity index (χ0v) is 15.5. The molecule has 23 heavy (non-hydrogen) atoms. The van der Waals surface area contributed by atoms with Crippen LogP contribution >= 0.6 is 0 Å². The molecule has 1 atom stereocenters. The third-order valence-corrected chi connectivity index (χ3v) is 5.86. The zero-order chi connectivity index (χ0) is 17.0. The lowest BCUT2D eigenvalue weighted by atomic mass is 10.1. The number of aryl methyl sites for hydroxylation is 1. The molecule has 0 amide bonds. The number of nitrogens with one attached hydrogen (secondary N) is 1. The molecule has 0 aromatic heterocycles. The van der Waals surface area contributed by atoms with Crippen molar-refractivity contribution in [3.63, 3.8) is 0 Å². The van der Waals surface area contributed by atoms with Crippen LogP contribution in [-0.2, 0) is 10.0 Å². The van der Waals surface area contributed by atoms with Crippen LogP contribution in [0.15, 0.2) is 18.2 Å². The predicted octanol–water partition coefficient (Wildman–Crippen LogP) is 2.68. The molecule has 1 fully saturated rings. The van der Waals surface area contributed by atoms with Gasteiger partial charge in [-0.3, -0.25) is 4.72 Å². The molecule has 0 bridgehead atoms. The molecule has 0 aliphatic carbocycles. The fourth-order valence-electron chi connectivity index (χ4n) is 2.96. The van der Waals surface area contributed by atoms with Gasteiger partial charge in [0, 0.05) is 24.8 Å². The van der Waals surface area contributed by atoms with E-state index in [0.29, 0.717) is 18.2 Å². The van der Waals surface area contributed by atoms with E-state index in [1.54, 1.807) is 0 Å². The highest BCUT2D eigenvalue weighted by atomic mass is 32.2. The van der Waals surface area contributed by atoms with Gasteiger partial charge in [-0.1, -0.05) is 19.4 Å². The molecule has 1 aromatic rings. The highest BCUT2D eigenvalue weighted by Crippen LogP contribution is 2.29. The van der Waals surface area contributed by atoms with Gasteiger partial charge in [-0.25, -0.2) is 8.42 Å². The molecule has 0 saturated carbocycles. The monoisotopic (exact) mass is 339 g/mol. The second-order valence-electron chi connectivity index (χ2n) is 6.63. The first kappa shape index (κ1) is 18.1. The summed E-state index contributed by atoms with van der Waals surface area (Å²) in [5.74, 6) is 0.180. The maximum Gasteiger partial charge on any atom is 0.232 e. The van der Waals surface area contributed by atoms with Crippen molar-refractivity contribution in [3.8, 4) is 0 Å². The van der Waals surface area contributed by atoms with Crippen molar-refractivity contribution in [1.29, 1.82) is 0 Å². The van der Waals surface area contributed by atoms with Crippen LogP contribution in [0.2, 0.25) is 0 Å². The summed E-state index contributed by atoms with van der Waals surface area (Å²) in [7, 11) is 0.970. The minimum Gasteiger partial charge on any atom is -0.370 e. The maximum atomic E-state index is 12.1. The van der Waals surface area contributed by atoms with Crippen molar-refractivity contribution in [3.05, 3.63) is 23.8 Å². The summed E-state index contributed by atoms with van der Waals surface area (Å²) in [6, 6.07) is 6.37. The summed E-state index contributed by atoms with van der Waals surface area (Å²) < 4.78 is 26.9. The number of unbranched alkanes of at least 4 members (excludes halogenated alkanes) is 1. The number of anilines is 2. The Balaban J connectivity index is 2.14. The van der Waals surface area contributed by atoms with Gasteiger partial charge in [-0.2, -0.15) is 0 Å². The van der Waals surface area contributed by atoms with Gasteiger partial charge in [-0.15, -0.1) is 0 Å². The smallest absolute Gasteiger partial charge is 0.232 e. The molecule has 1 aliphatic heterocycles. The van der Waals surface area contributed by atoms with Crippen LogP contribution in [0.1, 0.15) is 31.7 Å². The van der Waals surface area contributed by atoms with Crippen molar-refractivity contribution >= 4 is 21.4 Å². The van der Waals surface area contributed by atoms with Gasteiger partial charge in [0.15, 0.2) is 0 Å². The number of rotatable bonds is 7. The summed E-state index contributed by atoms with van der Waals surface area (Å²) in [5, 5.41) is 0. The van der Waals surface area contributed by atoms with E-state index in [4.69, 9.17) is 0 Å². The van der Waals surface area contributed by atoms with Crippen LogP contribution in [0.3, 0.4) is 0 Å². The Kier molecular flexibility index (Phi) is 5.92. The highest BCUT2D eigenvalue weighted by Gasteiger charge is 2.25. The van der Waals surface area contributed by atoms with Crippen molar-refractivity contribution < 1.29 is 8.42 Å². The first-order chi connectivity index (χ1) is 10.8. The Morgan fingerprint density at radius 2 is 2.09 bits per heavy atom. The fraction of sp³-hybridized carbons (Fsp3) is 0.647. The molecule has 1 unspecified atom stereocenters. The molecule has 0 spiro atoms. The second kappa shape index (κ2) is 7.53. The Labute approximate surface area is 140 Å². The molecule has 2 rings (SSSR count). The van der Waals surface area contributed by atoms with E-state index in [2.05, 4.69) is 35.5 Å². The first-order valence-corrected chi connectivity index (χ1v) is 10.00. The number of nitrogens with zero attached hydrogens (tertiary/aromatic N) is 2. The Morgan fingerprint density at radius 3 is 2.70 bits per heavy atom. The van der Waals surface area contributed by atoms with E-state index in [1.165, 1.54) is 5.56 Å². The van der Waals surface area contributed by atoms with Gasteiger partial charge < -0.3 is 9.80 Å². The van der Waals surface area contributed by atoms with Gasteiger partial charge in [0.05, 0.1) is 11.4 Å². The average molecular weight is 340 g/mol. The Bertz CT molecular complexity index is 629. The van der Waals surface area contributed by atoms with Gasteiger partial charge in [0.2, 0.25) is 10.0 Å². The molecule has 130 valence electrons. The SMILES string of the molecule is CCCCS(=O)(=O)Nc1ccc(C)c(N2CCC(N(C)C)C2)c1. The summed E-state index contributed by atoms with van der Waals surface area (Å²) in [6.07, 6.45) is 2.70. The van der Waals surface area contributed by atoms with Crippen LogP contribution in [0, 0.1) is 6.92 Å². The summed E-state index contributed by atoms with van der Waals surface area (Å²) in [4.78, 5) is 4.61. The quantitative estimate of drug-likeness (QED) is 0.830. The summed E-state index contributed by atoms with van der Waals surface area (Å²) in [6.45, 7) is 6.07. The molecular weight excluding hydrogens is 310 g/mol. The standard InChI is InChI=1S/C17H29N3O2S/c1-5-6-11-23(21,22)18-15-8-7-14(2)17(12-15)20-10-9-16(13-20)19(3)4/h7-8,12,16,18H,5-6,9-11,13H2,1-4H3. The van der Waals surface area contributed by atoms with Gasteiger partial charge in [0.1, 0.15) is 0 Å². The molecule has 1 aliphatic rings. The predicted molar refractivity (Wildman–Crippen MR) is 97.8 cm³/mol. The van der Waals surface area contributed by atoms with Gasteiger partial charge in [0.25, 0.3) is 0 Å². The number of hydrogen-bond acceptors (Lipinski definition) is 4. The van der Waals surface area contributed by atoms with E-state index in [1.807, 2.05) is 25.1 Å². The number of sulfonamides is 1. The second-order valence-corrected chi connectivity index (χ2v) is 8.47. The molecule has 1 heterocycles. The first-order valence-electron chi connectivity index (χ1n) is 8.35. The van der Waals surface area contributed by atoms with Crippen molar-refractivity contribution in [2.45, 2.75) is 39.2 Å². The lowest BCUT2D eigenvalue weighted by Gasteiger charge is -2.24. The van der Waals surface area contributed by atoms with E-state index >= 15 is 0 Å². The van der Waals surface area contributed by atoms with Gasteiger partial charge in [-0.05, 0) is 51.6 Å². The fourth-order valence-corrected chi connectivity index (χ4v) is 4.22. The van der Waals surface area contributed by atoms with Crippen molar-refractivity contribution in [2.24, 2.45) is 0 Å². The van der Waals surface area contributed by atoms with Crippen molar-refractivity contribution in [2.75, 3.05) is 42.6 Å². The molecule has 0 radical (unpaired) electrons. The third kappa shape index (κ3) is 4.85. The lowest BCUT2D eigenvalue weighted by Crippen LogP contribution is -2.31. The molecule has 1 aromatic carbocycles. The van der Waals surface area contributed by atoms with E-state index in [0.717, 1.165) is 31.6 Å². The molecule has 5 nitrogen and oxygen atoms in total. The molecular formula is C17H29N3O2S. The van der Waals surface area contributed by atoms with Crippen molar-refractivity contribution in [1.82, 2.24) is 4.90 Å². The van der Waals surface area contributed by atoms with Crippen LogP contribution in [0.5, 0.6) is 0 Å². The van der Waals surface area contributed by atoms with E-state index in [9.17, 15) is 8.42 Å². The van der Waals surface area contributed by atoms with E-state index < -0.39 is 10.0 Å². The molecule has 6 heteroatoms. The summed E-state index contributed by atoms with van der Waals surface area (Å²) in [5.41, 5.74) is 2.97. The lowest BCUT2D eigenvalue weighted by molar-refractivity contribution is 0.315. The van der Waals surface area contributed by atoms with Crippen LogP contribution < -0.4 is 9.62 Å². The minimum absolute atomic E-state index is 0.180. The van der Waals surface area contributed by atoms with Crippen LogP contribution in [-0.4, -0.2) is 52.3 Å². The Morgan fingerprint density at radius 1 is 1.35 bits per heavy atom. The normalized spacial score (nSPS) is 18.7. The highest BCUT2D eigenvalue weighted by molar-refractivity contribution is 7.92. The van der Waals surface area contributed by atoms with Crippen LogP contribution in [0.4, 0.5) is 11.4 Å². The van der Waals surface area contributed by atoms with E-state index in [-0.39, 0.29) is 5.75 Å². The topological polar surface area (TPSA) is 52.7 Å². The summed E-state index contributed by atoms with van der Waals surface area (Å²) >= 11 is 0. The largest absolute Gasteiger partial charge is 0.370 e. The third-order valence-electron chi connectivity index (χ3n) is 4.48. The number of likely N-dealkylation sites (N-methyl/N-ethyl adjacent to an activating group) is 1. The van der Waals surface area contributed by atoms with Gasteiger partial charge >= 0.3 is 0 Å². The zero-order valence-electron chi connectivity index (χ0n) is 14.7. The molecule has 1 N–H and O–H groups in total. The number of benzene rings is 1. The Hall–Kier alpha value is -1.27. The maximum absolute atomic E-state index is 12.1.